The lowest BCUT2D eigenvalue weighted by atomic mass is 10.2. The van der Waals surface area contributed by atoms with Gasteiger partial charge in [-0.25, -0.2) is 4.39 Å². The van der Waals surface area contributed by atoms with E-state index in [1.54, 1.807) is 19.9 Å². The smallest absolute Gasteiger partial charge is 0.147 e. The van der Waals surface area contributed by atoms with E-state index in [0.29, 0.717) is 11.3 Å². The van der Waals surface area contributed by atoms with Gasteiger partial charge in [-0.2, -0.15) is 0 Å². The van der Waals surface area contributed by atoms with Crippen molar-refractivity contribution in [1.82, 2.24) is 4.98 Å². The van der Waals surface area contributed by atoms with Crippen LogP contribution in [-0.4, -0.2) is 13.4 Å². The van der Waals surface area contributed by atoms with Crippen LogP contribution < -0.4 is 0 Å². The highest BCUT2D eigenvalue weighted by Gasteiger charge is 2.01. The van der Waals surface area contributed by atoms with Gasteiger partial charge in [0.15, 0.2) is 0 Å². The van der Waals surface area contributed by atoms with Crippen molar-refractivity contribution in [2.45, 2.75) is 20.8 Å². The maximum absolute atomic E-state index is 12.8. The number of nitrogens with zero attached hydrogens (tertiary/aromatic N) is 1. The number of hydrogen-bond acceptors (Lipinski definition) is 1. The Balaban J connectivity index is -0.0000000667. The fourth-order valence-corrected chi connectivity index (χ4v) is 1.01. The predicted molar refractivity (Wildman–Crippen MR) is 54.2 cm³/mol. The first-order valence-electron chi connectivity index (χ1n) is 3.21. The second kappa shape index (κ2) is 10.9. The molecule has 0 N–H and O–H groups in total. The summed E-state index contributed by atoms with van der Waals surface area (Å²) in [5, 5.41) is 0. The number of aromatic nitrogens is 1. The average molecular weight is 230 g/mol. The topological polar surface area (TPSA) is 12.9 Å². The van der Waals surface area contributed by atoms with Crippen molar-refractivity contribution in [3.05, 3.63) is 28.8 Å². The molecule has 0 aliphatic carbocycles. The summed E-state index contributed by atoms with van der Waals surface area (Å²) < 4.78 is 12.8. The molecule has 7 heteroatoms. The van der Waals surface area contributed by atoms with Crippen LogP contribution in [-0.2, 0) is 0 Å². The van der Waals surface area contributed by atoms with E-state index >= 15 is 0 Å². The van der Waals surface area contributed by atoms with Crippen molar-refractivity contribution in [1.29, 1.82) is 0 Å². The van der Waals surface area contributed by atoms with Crippen LogP contribution >= 0.6 is 0 Å². The molecule has 15 heavy (non-hydrogen) atoms. The molecule has 0 aromatic carbocycles. The van der Waals surface area contributed by atoms with E-state index in [4.69, 9.17) is 0 Å². The van der Waals surface area contributed by atoms with Gasteiger partial charge in [-0.3, -0.25) is 23.8 Å². The Morgan fingerprint density at radius 2 is 1.40 bits per heavy atom. The first-order valence-corrected chi connectivity index (χ1v) is 3.21. The van der Waals surface area contributed by atoms with Gasteiger partial charge in [0.05, 0.1) is 5.69 Å². The van der Waals surface area contributed by atoms with E-state index in [1.807, 2.05) is 6.92 Å². The van der Waals surface area contributed by atoms with Crippen LogP contribution in [0.1, 0.15) is 17.0 Å². The highest BCUT2D eigenvalue weighted by Crippen LogP contribution is 2.09. The Morgan fingerprint density at radius 3 is 1.73 bits per heavy atom. The summed E-state index contributed by atoms with van der Waals surface area (Å²) in [6.07, 6.45) is 0. The second-order valence-electron chi connectivity index (χ2n) is 2.48. The fourth-order valence-electron chi connectivity index (χ4n) is 1.01. The van der Waals surface area contributed by atoms with E-state index in [2.05, 4.69) is 4.98 Å². The summed E-state index contributed by atoms with van der Waals surface area (Å²) in [7, 11) is 0. The molecule has 89 valence electrons. The molecule has 1 aromatic rings. The molecule has 0 unspecified atom stereocenters. The van der Waals surface area contributed by atoms with Gasteiger partial charge in [-0.1, -0.05) is 0 Å². The highest BCUT2D eigenvalue weighted by atomic mass is 19.1. The van der Waals surface area contributed by atoms with Crippen molar-refractivity contribution in [3.63, 3.8) is 0 Å². The van der Waals surface area contributed by atoms with Gasteiger partial charge < -0.3 is 0 Å². The van der Waals surface area contributed by atoms with Gasteiger partial charge in [0.2, 0.25) is 0 Å². The molecule has 0 bridgehead atoms. The highest BCUT2D eigenvalue weighted by molar-refractivity contribution is 5.75. The molecule has 0 saturated carbocycles. The van der Waals surface area contributed by atoms with Gasteiger partial charge in [-0.05, 0) is 32.4 Å². The molecule has 1 aromatic heterocycles. The molecule has 1 nitrogen and oxygen atoms in total. The summed E-state index contributed by atoms with van der Waals surface area (Å²) in [4.78, 5) is 3.96. The molecule has 0 atom stereocenters. The van der Waals surface area contributed by atoms with Crippen molar-refractivity contribution in [2.75, 3.05) is 0 Å². The minimum absolute atomic E-state index is 0. The number of pyridine rings is 1. The molecule has 3 radical (unpaired) electrons. The van der Waals surface area contributed by atoms with Crippen LogP contribution in [0.4, 0.5) is 23.2 Å². The first-order chi connectivity index (χ1) is 4.61. The van der Waals surface area contributed by atoms with Crippen LogP contribution in [0.5, 0.6) is 0 Å². The van der Waals surface area contributed by atoms with Gasteiger partial charge in [0.25, 0.3) is 0 Å². The van der Waals surface area contributed by atoms with Crippen LogP contribution in [0.2, 0.25) is 0 Å². The van der Waals surface area contributed by atoms with E-state index in [0.717, 1.165) is 5.69 Å². The van der Waals surface area contributed by atoms with E-state index in [-0.39, 0.29) is 33.0 Å². The number of aryl methyl sites for hydroxylation is 3. The average Bonchev–Trinajstić information content (AvgIpc) is 1.82. The van der Waals surface area contributed by atoms with Gasteiger partial charge in [0, 0.05) is 14.1 Å². The zero-order chi connectivity index (χ0) is 7.72. The van der Waals surface area contributed by atoms with E-state index < -0.39 is 0 Å². The lowest BCUT2D eigenvalue weighted by molar-refractivity contribution is 0.599. The Kier molecular flexibility index (Phi) is 21.3. The van der Waals surface area contributed by atoms with Crippen molar-refractivity contribution in [3.8, 4) is 0 Å². The summed E-state index contributed by atoms with van der Waals surface area (Å²) in [5.74, 6) is -0.189. The molecule has 1 rings (SSSR count). The van der Waals surface area contributed by atoms with Gasteiger partial charge in [-0.15, -0.1) is 0 Å². The fraction of sp³-hybridized carbons (Fsp3) is 0.375. The third-order valence-electron chi connectivity index (χ3n) is 1.43. The molecular formula is C8H14BF5N. The van der Waals surface area contributed by atoms with Crippen molar-refractivity contribution >= 4 is 8.41 Å². The Morgan fingerprint density at radius 1 is 1.00 bits per heavy atom. The predicted octanol–water partition coefficient (Wildman–Crippen LogP) is 2.38. The molecule has 0 aliphatic heterocycles. The Bertz CT molecular complexity index is 246. The number of hydrogen-bond donors (Lipinski definition) is 0. The number of halogens is 5. The zero-order valence-electron chi connectivity index (χ0n) is 8.61. The largest absolute Gasteiger partial charge is 0.269 e. The quantitative estimate of drug-likeness (QED) is 0.492. The van der Waals surface area contributed by atoms with Crippen LogP contribution in [0.15, 0.2) is 6.07 Å². The van der Waals surface area contributed by atoms with Crippen LogP contribution in [0.3, 0.4) is 0 Å². The number of rotatable bonds is 0. The van der Waals surface area contributed by atoms with Crippen molar-refractivity contribution in [2.24, 2.45) is 0 Å². The summed E-state index contributed by atoms with van der Waals surface area (Å²) in [6.45, 7) is 5.28. The summed E-state index contributed by atoms with van der Waals surface area (Å²) in [5.41, 5.74) is 2.03. The van der Waals surface area contributed by atoms with Gasteiger partial charge in [0.1, 0.15) is 5.82 Å². The molecule has 0 spiro atoms. The van der Waals surface area contributed by atoms with Crippen LogP contribution in [0.25, 0.3) is 0 Å². The first kappa shape index (κ1) is 29.2. The van der Waals surface area contributed by atoms with E-state index in [9.17, 15) is 4.39 Å². The van der Waals surface area contributed by atoms with E-state index in [1.165, 1.54) is 0 Å². The molecule has 0 amide bonds. The molecule has 1 heterocycles. The standard InChI is InChI=1S/C8H10FN.B.4FH/c1-5-4-6(2)10-7(3)8(5)9;;;;;/h4H,1-3H3;;4*1H. The summed E-state index contributed by atoms with van der Waals surface area (Å²) in [6, 6.07) is 1.74. The lowest BCUT2D eigenvalue weighted by Gasteiger charge is -2.00. The molecule has 0 fully saturated rings. The van der Waals surface area contributed by atoms with Gasteiger partial charge >= 0.3 is 0 Å². The normalized spacial score (nSPS) is 6.67. The zero-order valence-corrected chi connectivity index (χ0v) is 8.61. The second-order valence-corrected chi connectivity index (χ2v) is 2.48. The third kappa shape index (κ3) is 6.87. The summed E-state index contributed by atoms with van der Waals surface area (Å²) >= 11 is 0. The maximum atomic E-state index is 12.8. The monoisotopic (exact) mass is 230 g/mol. The van der Waals surface area contributed by atoms with Crippen LogP contribution in [0, 0.1) is 26.6 Å². The Hall–Kier alpha value is -1.14. The molecule has 0 saturated heterocycles. The minimum Gasteiger partial charge on any atom is -0.269 e. The third-order valence-corrected chi connectivity index (χ3v) is 1.43. The molecule has 0 aliphatic rings. The Labute approximate surface area is 87.1 Å². The SMILES string of the molecule is Cc1cc(C)c(F)c(C)n1.F.F.F.F.[B]. The minimum atomic E-state index is -0.189. The van der Waals surface area contributed by atoms with Crippen molar-refractivity contribution < 1.29 is 23.2 Å². The maximum Gasteiger partial charge on any atom is 0.147 e. The molecular weight excluding hydrogens is 216 g/mol. The lowest BCUT2D eigenvalue weighted by Crippen LogP contribution is -1.93.